The van der Waals surface area contributed by atoms with E-state index < -0.39 is 6.10 Å². The highest BCUT2D eigenvalue weighted by atomic mass is 16.5. The molecule has 1 atom stereocenters. The molecule has 4 heteroatoms. The Morgan fingerprint density at radius 3 is 2.64 bits per heavy atom. The standard InChI is InChI=1S/C21H30N2O2/c22-13-12-21(24)19-10-7-11-20(16-19)23-14-5-2-6-15-25-17-18-8-3-1-4-9-18/h1,3-4,7-11,16,21,23-24H,2,5-6,12-15,17,22H2. The van der Waals surface area contributed by atoms with Crippen molar-refractivity contribution in [2.75, 3.05) is 25.0 Å². The van der Waals surface area contributed by atoms with Crippen molar-refractivity contribution in [3.63, 3.8) is 0 Å². The van der Waals surface area contributed by atoms with Crippen LogP contribution in [0, 0.1) is 0 Å². The number of rotatable bonds is 12. The number of nitrogens with one attached hydrogen (secondary N) is 1. The van der Waals surface area contributed by atoms with Crippen LogP contribution in [-0.4, -0.2) is 24.8 Å². The molecule has 0 aliphatic carbocycles. The summed E-state index contributed by atoms with van der Waals surface area (Å²) >= 11 is 0. The van der Waals surface area contributed by atoms with Crippen molar-refractivity contribution in [1.82, 2.24) is 0 Å². The van der Waals surface area contributed by atoms with E-state index >= 15 is 0 Å². The lowest BCUT2D eigenvalue weighted by Crippen LogP contribution is -2.07. The molecule has 1 unspecified atom stereocenters. The van der Waals surface area contributed by atoms with E-state index in [0.29, 0.717) is 19.6 Å². The molecule has 0 radical (unpaired) electrons. The van der Waals surface area contributed by atoms with Gasteiger partial charge in [-0.2, -0.15) is 0 Å². The molecule has 2 aromatic rings. The van der Waals surface area contributed by atoms with Crippen molar-refractivity contribution in [1.29, 1.82) is 0 Å². The number of hydrogen-bond donors (Lipinski definition) is 3. The minimum Gasteiger partial charge on any atom is -0.388 e. The van der Waals surface area contributed by atoms with Crippen molar-refractivity contribution in [3.8, 4) is 0 Å². The fourth-order valence-electron chi connectivity index (χ4n) is 2.68. The Morgan fingerprint density at radius 1 is 1.00 bits per heavy atom. The van der Waals surface area contributed by atoms with Gasteiger partial charge in [0, 0.05) is 18.8 Å². The summed E-state index contributed by atoms with van der Waals surface area (Å²) in [5.41, 5.74) is 8.69. The van der Waals surface area contributed by atoms with E-state index in [9.17, 15) is 5.11 Å². The van der Waals surface area contributed by atoms with E-state index in [4.69, 9.17) is 10.5 Å². The zero-order valence-electron chi connectivity index (χ0n) is 14.9. The minimum atomic E-state index is -0.478. The van der Waals surface area contributed by atoms with Crippen LogP contribution in [0.5, 0.6) is 0 Å². The van der Waals surface area contributed by atoms with Gasteiger partial charge in [0.25, 0.3) is 0 Å². The summed E-state index contributed by atoms with van der Waals surface area (Å²) in [6.45, 7) is 2.91. The second-order valence-corrected chi connectivity index (χ2v) is 6.24. The van der Waals surface area contributed by atoms with E-state index in [1.807, 2.05) is 42.5 Å². The van der Waals surface area contributed by atoms with Crippen molar-refractivity contribution < 1.29 is 9.84 Å². The fourth-order valence-corrected chi connectivity index (χ4v) is 2.68. The van der Waals surface area contributed by atoms with Gasteiger partial charge in [0.15, 0.2) is 0 Å². The van der Waals surface area contributed by atoms with Crippen molar-refractivity contribution in [2.45, 2.75) is 38.4 Å². The lowest BCUT2D eigenvalue weighted by molar-refractivity contribution is 0.117. The summed E-state index contributed by atoms with van der Waals surface area (Å²) < 4.78 is 5.69. The lowest BCUT2D eigenvalue weighted by Gasteiger charge is -2.12. The SMILES string of the molecule is NCCC(O)c1cccc(NCCCCCOCc2ccccc2)c1. The first-order chi connectivity index (χ1) is 12.3. The first kappa shape index (κ1) is 19.4. The average molecular weight is 342 g/mol. The van der Waals surface area contributed by atoms with E-state index in [1.54, 1.807) is 0 Å². The number of hydrogen-bond acceptors (Lipinski definition) is 4. The van der Waals surface area contributed by atoms with Gasteiger partial charge in [0.2, 0.25) is 0 Å². The van der Waals surface area contributed by atoms with Gasteiger partial charge >= 0.3 is 0 Å². The highest BCUT2D eigenvalue weighted by Crippen LogP contribution is 2.19. The molecule has 0 heterocycles. The molecule has 4 nitrogen and oxygen atoms in total. The molecule has 0 spiro atoms. The zero-order chi connectivity index (χ0) is 17.7. The fraction of sp³-hybridized carbons (Fsp3) is 0.429. The molecule has 2 aromatic carbocycles. The second kappa shape index (κ2) is 11.6. The summed E-state index contributed by atoms with van der Waals surface area (Å²) in [7, 11) is 0. The van der Waals surface area contributed by atoms with Gasteiger partial charge in [-0.3, -0.25) is 0 Å². The van der Waals surface area contributed by atoms with Crippen LogP contribution in [0.25, 0.3) is 0 Å². The van der Waals surface area contributed by atoms with Crippen LogP contribution >= 0.6 is 0 Å². The summed E-state index contributed by atoms with van der Waals surface area (Å²) in [6.07, 6.45) is 3.42. The summed E-state index contributed by atoms with van der Waals surface area (Å²) in [4.78, 5) is 0. The van der Waals surface area contributed by atoms with E-state index in [1.165, 1.54) is 5.56 Å². The number of benzene rings is 2. The van der Waals surface area contributed by atoms with Gasteiger partial charge in [0.1, 0.15) is 0 Å². The predicted octanol–water partition coefficient (Wildman–Crippen LogP) is 3.87. The lowest BCUT2D eigenvalue weighted by atomic mass is 10.1. The number of aliphatic hydroxyl groups is 1. The van der Waals surface area contributed by atoms with E-state index in [2.05, 4.69) is 17.4 Å². The Balaban J connectivity index is 1.55. The van der Waals surface area contributed by atoms with Gasteiger partial charge < -0.3 is 20.9 Å². The molecule has 0 aliphatic heterocycles. The van der Waals surface area contributed by atoms with Gasteiger partial charge in [-0.25, -0.2) is 0 Å². The maximum absolute atomic E-state index is 10.00. The first-order valence-electron chi connectivity index (χ1n) is 9.13. The second-order valence-electron chi connectivity index (χ2n) is 6.24. The van der Waals surface area contributed by atoms with Crippen LogP contribution in [0.2, 0.25) is 0 Å². The first-order valence-corrected chi connectivity index (χ1v) is 9.13. The van der Waals surface area contributed by atoms with Crippen molar-refractivity contribution in [2.24, 2.45) is 5.73 Å². The minimum absolute atomic E-state index is 0.478. The Kier molecular flexibility index (Phi) is 9.05. The number of ether oxygens (including phenoxy) is 1. The van der Waals surface area contributed by atoms with Crippen LogP contribution in [0.15, 0.2) is 54.6 Å². The third kappa shape index (κ3) is 7.69. The molecule has 4 N–H and O–H groups in total. The summed E-state index contributed by atoms with van der Waals surface area (Å²) in [5.74, 6) is 0. The third-order valence-corrected chi connectivity index (χ3v) is 4.12. The highest BCUT2D eigenvalue weighted by molar-refractivity contribution is 5.46. The molecule has 25 heavy (non-hydrogen) atoms. The highest BCUT2D eigenvalue weighted by Gasteiger charge is 2.06. The Bertz CT molecular complexity index is 589. The monoisotopic (exact) mass is 342 g/mol. The smallest absolute Gasteiger partial charge is 0.0802 e. The normalized spacial score (nSPS) is 12.1. The predicted molar refractivity (Wildman–Crippen MR) is 104 cm³/mol. The summed E-state index contributed by atoms with van der Waals surface area (Å²) in [5, 5.41) is 13.4. The molecule has 0 saturated heterocycles. The molecule has 0 aromatic heterocycles. The van der Waals surface area contributed by atoms with Crippen LogP contribution in [-0.2, 0) is 11.3 Å². The number of unbranched alkanes of at least 4 members (excludes halogenated alkanes) is 2. The molecule has 136 valence electrons. The zero-order valence-corrected chi connectivity index (χ0v) is 14.9. The third-order valence-electron chi connectivity index (χ3n) is 4.12. The van der Waals surface area contributed by atoms with Crippen LogP contribution in [0.4, 0.5) is 5.69 Å². The van der Waals surface area contributed by atoms with Crippen LogP contribution < -0.4 is 11.1 Å². The Morgan fingerprint density at radius 2 is 1.84 bits per heavy atom. The number of aliphatic hydroxyl groups excluding tert-OH is 1. The van der Waals surface area contributed by atoms with Crippen LogP contribution in [0.1, 0.15) is 42.9 Å². The molecule has 2 rings (SSSR count). The quantitative estimate of drug-likeness (QED) is 0.512. The molecule has 0 fully saturated rings. The molecule has 0 amide bonds. The molecule has 0 aliphatic rings. The Hall–Kier alpha value is -1.88. The van der Waals surface area contributed by atoms with Crippen LogP contribution in [0.3, 0.4) is 0 Å². The molecular weight excluding hydrogens is 312 g/mol. The van der Waals surface area contributed by atoms with Gasteiger partial charge in [-0.05, 0) is 55.5 Å². The largest absolute Gasteiger partial charge is 0.388 e. The van der Waals surface area contributed by atoms with Crippen molar-refractivity contribution in [3.05, 3.63) is 65.7 Å². The molecule has 0 saturated carbocycles. The number of nitrogens with two attached hydrogens (primary N) is 1. The molecule has 0 bridgehead atoms. The van der Waals surface area contributed by atoms with E-state index in [-0.39, 0.29) is 0 Å². The topological polar surface area (TPSA) is 67.5 Å². The number of anilines is 1. The average Bonchev–Trinajstić information content (AvgIpc) is 2.65. The van der Waals surface area contributed by atoms with Crippen molar-refractivity contribution >= 4 is 5.69 Å². The molecular formula is C21H30N2O2. The van der Waals surface area contributed by atoms with Gasteiger partial charge in [-0.1, -0.05) is 42.5 Å². The van der Waals surface area contributed by atoms with Gasteiger partial charge in [0.05, 0.1) is 12.7 Å². The van der Waals surface area contributed by atoms with E-state index in [0.717, 1.165) is 43.7 Å². The van der Waals surface area contributed by atoms with Gasteiger partial charge in [-0.15, -0.1) is 0 Å². The maximum Gasteiger partial charge on any atom is 0.0802 e. The Labute approximate surface area is 151 Å². The summed E-state index contributed by atoms with van der Waals surface area (Å²) in [6, 6.07) is 18.2. The maximum atomic E-state index is 10.00.